The zero-order chi connectivity index (χ0) is 19.1. The molecule has 0 saturated heterocycles. The summed E-state index contributed by atoms with van der Waals surface area (Å²) in [5.74, 6) is -1.22. The minimum absolute atomic E-state index is 0.0682. The van der Waals surface area contributed by atoms with Gasteiger partial charge in [0.25, 0.3) is 0 Å². The molecule has 0 atom stereocenters. The van der Waals surface area contributed by atoms with Crippen molar-refractivity contribution in [3.05, 3.63) is 0 Å². The minimum Gasteiger partial charge on any atom is -0.465 e. The fourth-order valence-corrected chi connectivity index (χ4v) is 2.56. The molecule has 0 radical (unpaired) electrons. The highest BCUT2D eigenvalue weighted by Gasteiger charge is 2.34. The normalized spacial score (nSPS) is 11.0. The summed E-state index contributed by atoms with van der Waals surface area (Å²) >= 11 is 0. The Hall–Kier alpha value is -1.59. The number of ether oxygens (including phenoxy) is 3. The molecule has 0 amide bonds. The van der Waals surface area contributed by atoms with Gasteiger partial charge in [-0.25, -0.2) is 0 Å². The Bertz CT molecular complexity index is 359. The summed E-state index contributed by atoms with van der Waals surface area (Å²) in [6, 6.07) is 0. The van der Waals surface area contributed by atoms with Gasteiger partial charge in [0, 0.05) is 20.8 Å². The molecule has 146 valence electrons. The molecule has 0 aromatic rings. The molecule has 6 heteroatoms. The monoisotopic (exact) mass is 358 g/mol. The molecular weight excluding hydrogens is 324 g/mol. The summed E-state index contributed by atoms with van der Waals surface area (Å²) in [5, 5.41) is 0. The first kappa shape index (κ1) is 23.4. The first-order valence-electron chi connectivity index (χ1n) is 9.21. The van der Waals surface area contributed by atoms with E-state index >= 15 is 0 Å². The van der Waals surface area contributed by atoms with Crippen LogP contribution in [0, 0.1) is 5.41 Å². The largest absolute Gasteiger partial charge is 0.465 e. The maximum Gasteiger partial charge on any atom is 0.302 e. The van der Waals surface area contributed by atoms with Crippen LogP contribution in [0.25, 0.3) is 0 Å². The van der Waals surface area contributed by atoms with E-state index in [1.165, 1.54) is 46.5 Å². The molecular formula is C19H34O6. The molecule has 0 aliphatic carbocycles. The van der Waals surface area contributed by atoms with E-state index in [9.17, 15) is 14.4 Å². The van der Waals surface area contributed by atoms with Crippen LogP contribution in [0.4, 0.5) is 0 Å². The molecule has 6 nitrogen and oxygen atoms in total. The number of hydrogen-bond donors (Lipinski definition) is 0. The van der Waals surface area contributed by atoms with E-state index in [4.69, 9.17) is 14.2 Å². The van der Waals surface area contributed by atoms with Gasteiger partial charge >= 0.3 is 17.9 Å². The van der Waals surface area contributed by atoms with Gasteiger partial charge in [-0.3, -0.25) is 14.4 Å². The SMILES string of the molecule is CCCCCCCCCC(COC(C)=O)(COC(C)=O)COC(C)=O. The summed E-state index contributed by atoms with van der Waals surface area (Å²) in [6.07, 6.45) is 8.68. The maximum atomic E-state index is 11.2. The lowest BCUT2D eigenvalue weighted by Crippen LogP contribution is -2.39. The van der Waals surface area contributed by atoms with Crippen LogP contribution in [-0.4, -0.2) is 37.7 Å². The Kier molecular flexibility index (Phi) is 12.8. The molecule has 0 aliphatic rings. The van der Waals surface area contributed by atoms with Gasteiger partial charge in [-0.1, -0.05) is 51.9 Å². The highest BCUT2D eigenvalue weighted by atomic mass is 16.6. The van der Waals surface area contributed by atoms with Gasteiger partial charge in [0.05, 0.1) is 5.41 Å². The molecule has 0 aliphatic heterocycles. The lowest BCUT2D eigenvalue weighted by molar-refractivity contribution is -0.159. The number of rotatable bonds is 14. The Morgan fingerprint density at radius 2 is 1.00 bits per heavy atom. The molecule has 0 N–H and O–H groups in total. The first-order chi connectivity index (χ1) is 11.8. The molecule has 25 heavy (non-hydrogen) atoms. The van der Waals surface area contributed by atoms with Gasteiger partial charge in [0.2, 0.25) is 0 Å². The number of carbonyl (C=O) groups excluding carboxylic acids is 3. The van der Waals surface area contributed by atoms with E-state index in [0.717, 1.165) is 19.3 Å². The van der Waals surface area contributed by atoms with Crippen molar-refractivity contribution in [2.75, 3.05) is 19.8 Å². The van der Waals surface area contributed by atoms with Gasteiger partial charge in [-0.2, -0.15) is 0 Å². The summed E-state index contributed by atoms with van der Waals surface area (Å²) in [4.78, 5) is 33.6. The molecule has 0 unspecified atom stereocenters. The predicted molar refractivity (Wildman–Crippen MR) is 94.9 cm³/mol. The second-order valence-electron chi connectivity index (χ2n) is 6.71. The van der Waals surface area contributed by atoms with Crippen LogP contribution in [0.1, 0.15) is 79.1 Å². The van der Waals surface area contributed by atoms with E-state index in [-0.39, 0.29) is 19.8 Å². The average molecular weight is 358 g/mol. The third-order valence-corrected chi connectivity index (χ3v) is 4.06. The van der Waals surface area contributed by atoms with Crippen molar-refractivity contribution < 1.29 is 28.6 Å². The van der Waals surface area contributed by atoms with Crippen molar-refractivity contribution in [2.45, 2.75) is 79.1 Å². The number of unbranched alkanes of at least 4 members (excludes halogenated alkanes) is 6. The van der Waals surface area contributed by atoms with Gasteiger partial charge < -0.3 is 14.2 Å². The summed E-state index contributed by atoms with van der Waals surface area (Å²) < 4.78 is 15.5. The molecule has 0 saturated carbocycles. The summed E-state index contributed by atoms with van der Waals surface area (Å²) in [7, 11) is 0. The number of carbonyl (C=O) groups is 3. The first-order valence-corrected chi connectivity index (χ1v) is 9.21. The molecule has 0 aromatic carbocycles. The van der Waals surface area contributed by atoms with E-state index < -0.39 is 23.3 Å². The quantitative estimate of drug-likeness (QED) is 0.267. The molecule has 0 aromatic heterocycles. The Balaban J connectivity index is 4.68. The lowest BCUT2D eigenvalue weighted by Gasteiger charge is -2.32. The lowest BCUT2D eigenvalue weighted by atomic mass is 9.84. The molecule has 0 heterocycles. The summed E-state index contributed by atoms with van der Waals surface area (Å²) in [6.45, 7) is 6.38. The molecule has 0 spiro atoms. The van der Waals surface area contributed by atoms with Crippen molar-refractivity contribution in [1.82, 2.24) is 0 Å². The summed E-state index contributed by atoms with van der Waals surface area (Å²) in [5.41, 5.74) is -0.688. The minimum atomic E-state index is -0.688. The van der Waals surface area contributed by atoms with Crippen LogP contribution in [0.5, 0.6) is 0 Å². The van der Waals surface area contributed by atoms with E-state index in [1.807, 2.05) is 0 Å². The highest BCUT2D eigenvalue weighted by Crippen LogP contribution is 2.28. The topological polar surface area (TPSA) is 78.9 Å². The third-order valence-electron chi connectivity index (χ3n) is 4.06. The second kappa shape index (κ2) is 13.7. The average Bonchev–Trinajstić information content (AvgIpc) is 2.54. The van der Waals surface area contributed by atoms with Gasteiger partial charge in [-0.05, 0) is 6.42 Å². The van der Waals surface area contributed by atoms with Gasteiger partial charge in [0.15, 0.2) is 0 Å². The predicted octanol–water partition coefficient (Wildman–Crippen LogP) is 3.80. The van der Waals surface area contributed by atoms with E-state index in [2.05, 4.69) is 6.92 Å². The van der Waals surface area contributed by atoms with Crippen molar-refractivity contribution in [3.8, 4) is 0 Å². The Labute approximate surface area is 151 Å². The van der Waals surface area contributed by atoms with E-state index in [0.29, 0.717) is 6.42 Å². The standard InChI is InChI=1S/C19H34O6/c1-5-6-7-8-9-10-11-12-19(13-23-16(2)20,14-24-17(3)21)15-25-18(4)22/h5-15H2,1-4H3. The fraction of sp³-hybridized carbons (Fsp3) is 0.842. The van der Waals surface area contributed by atoms with Gasteiger partial charge in [0.1, 0.15) is 19.8 Å². The van der Waals surface area contributed by atoms with Crippen molar-refractivity contribution >= 4 is 17.9 Å². The van der Waals surface area contributed by atoms with Crippen LogP contribution >= 0.6 is 0 Å². The number of esters is 3. The molecule has 0 rings (SSSR count). The van der Waals surface area contributed by atoms with Crippen LogP contribution in [0.15, 0.2) is 0 Å². The van der Waals surface area contributed by atoms with Crippen molar-refractivity contribution in [1.29, 1.82) is 0 Å². The number of hydrogen-bond acceptors (Lipinski definition) is 6. The Morgan fingerprint density at radius 1 is 0.640 bits per heavy atom. The molecule has 0 fully saturated rings. The van der Waals surface area contributed by atoms with Crippen LogP contribution in [0.3, 0.4) is 0 Å². The van der Waals surface area contributed by atoms with E-state index in [1.54, 1.807) is 0 Å². The van der Waals surface area contributed by atoms with Crippen molar-refractivity contribution in [2.24, 2.45) is 5.41 Å². The van der Waals surface area contributed by atoms with Crippen LogP contribution < -0.4 is 0 Å². The maximum absolute atomic E-state index is 11.2. The smallest absolute Gasteiger partial charge is 0.302 e. The fourth-order valence-electron chi connectivity index (χ4n) is 2.56. The Morgan fingerprint density at radius 3 is 1.36 bits per heavy atom. The van der Waals surface area contributed by atoms with Crippen molar-refractivity contribution in [3.63, 3.8) is 0 Å². The second-order valence-corrected chi connectivity index (χ2v) is 6.71. The van der Waals surface area contributed by atoms with Gasteiger partial charge in [-0.15, -0.1) is 0 Å². The third kappa shape index (κ3) is 13.4. The molecule has 0 bridgehead atoms. The highest BCUT2D eigenvalue weighted by molar-refractivity contribution is 5.67. The van der Waals surface area contributed by atoms with Crippen LogP contribution in [-0.2, 0) is 28.6 Å². The zero-order valence-corrected chi connectivity index (χ0v) is 16.2. The van der Waals surface area contributed by atoms with Crippen LogP contribution in [0.2, 0.25) is 0 Å². The zero-order valence-electron chi connectivity index (χ0n) is 16.2.